The molecule has 0 saturated carbocycles. The lowest BCUT2D eigenvalue weighted by Gasteiger charge is -2.15. The lowest BCUT2D eigenvalue weighted by Crippen LogP contribution is -1.98. The van der Waals surface area contributed by atoms with E-state index in [4.69, 9.17) is 29.8 Å². The van der Waals surface area contributed by atoms with Gasteiger partial charge < -0.3 is 29.8 Å². The number of nitrogens with two attached hydrogens (primary N) is 1. The van der Waals surface area contributed by atoms with Crippen molar-refractivity contribution in [2.45, 2.75) is 26.7 Å². The number of aromatic hydroxyl groups is 1. The molecule has 26 heavy (non-hydrogen) atoms. The standard InChI is InChI=1S/C12H18O3.C8H11NO2/c1-5-6-9-7-8-10(13-2)12(15-4)11(9)14-3;1-2-11-6-3-4-7(9)8(10)5-6/h7-8H,5-6H2,1-4H3;3-5,10H,2,9H2,1H3. The number of phenolic OH excluding ortho intramolecular Hbond substituents is 1. The molecule has 0 heterocycles. The summed E-state index contributed by atoms with van der Waals surface area (Å²) in [7, 11) is 4.89. The molecule has 2 aromatic rings. The van der Waals surface area contributed by atoms with E-state index in [2.05, 4.69) is 6.92 Å². The summed E-state index contributed by atoms with van der Waals surface area (Å²) in [4.78, 5) is 0. The minimum absolute atomic E-state index is 0.0657. The molecule has 2 rings (SSSR count). The smallest absolute Gasteiger partial charge is 0.203 e. The molecule has 3 N–H and O–H groups in total. The first kappa shape index (κ1) is 21.3. The second-order valence-corrected chi connectivity index (χ2v) is 5.40. The van der Waals surface area contributed by atoms with Crippen molar-refractivity contribution in [1.29, 1.82) is 0 Å². The van der Waals surface area contributed by atoms with Crippen LogP contribution >= 0.6 is 0 Å². The first-order valence-corrected chi connectivity index (χ1v) is 8.51. The first-order valence-electron chi connectivity index (χ1n) is 8.51. The van der Waals surface area contributed by atoms with Crippen molar-refractivity contribution in [2.75, 3.05) is 33.7 Å². The van der Waals surface area contributed by atoms with E-state index in [1.54, 1.807) is 33.5 Å². The molecule has 0 aliphatic rings. The van der Waals surface area contributed by atoms with Crippen LogP contribution in [-0.2, 0) is 6.42 Å². The Hall–Kier alpha value is -2.76. The van der Waals surface area contributed by atoms with E-state index < -0.39 is 0 Å². The fourth-order valence-corrected chi connectivity index (χ4v) is 2.41. The third-order valence-electron chi connectivity index (χ3n) is 3.62. The number of nitrogen functional groups attached to an aromatic ring is 1. The molecular weight excluding hydrogens is 334 g/mol. The van der Waals surface area contributed by atoms with Crippen LogP contribution in [0.5, 0.6) is 28.7 Å². The average molecular weight is 363 g/mol. The second-order valence-electron chi connectivity index (χ2n) is 5.40. The molecule has 0 saturated heterocycles. The fourth-order valence-electron chi connectivity index (χ4n) is 2.41. The number of rotatable bonds is 7. The van der Waals surface area contributed by atoms with Gasteiger partial charge in [-0.2, -0.15) is 0 Å². The predicted octanol–water partition coefficient (Wildman–Crippen LogP) is 4.04. The molecular formula is C20H29NO5. The van der Waals surface area contributed by atoms with E-state index in [1.165, 1.54) is 6.07 Å². The zero-order valence-corrected chi connectivity index (χ0v) is 16.2. The van der Waals surface area contributed by atoms with Gasteiger partial charge in [-0.05, 0) is 37.1 Å². The normalized spacial score (nSPS) is 9.73. The van der Waals surface area contributed by atoms with Crippen LogP contribution in [0.4, 0.5) is 5.69 Å². The number of aryl methyl sites for hydroxylation is 1. The Labute approximate surface area is 155 Å². The molecule has 0 amide bonds. The van der Waals surface area contributed by atoms with Crippen molar-refractivity contribution in [3.05, 3.63) is 35.9 Å². The van der Waals surface area contributed by atoms with Gasteiger partial charge in [-0.1, -0.05) is 19.4 Å². The van der Waals surface area contributed by atoms with Crippen LogP contribution in [0, 0.1) is 0 Å². The summed E-state index contributed by atoms with van der Waals surface area (Å²) in [6, 6.07) is 8.76. The van der Waals surface area contributed by atoms with Crippen molar-refractivity contribution in [3.8, 4) is 28.7 Å². The van der Waals surface area contributed by atoms with Gasteiger partial charge in [-0.3, -0.25) is 0 Å². The van der Waals surface area contributed by atoms with Crippen molar-refractivity contribution in [3.63, 3.8) is 0 Å². The maximum atomic E-state index is 9.12. The zero-order valence-electron chi connectivity index (χ0n) is 16.2. The van der Waals surface area contributed by atoms with Gasteiger partial charge in [-0.25, -0.2) is 0 Å². The maximum Gasteiger partial charge on any atom is 0.203 e. The highest BCUT2D eigenvalue weighted by Crippen LogP contribution is 2.40. The van der Waals surface area contributed by atoms with Crippen LogP contribution in [0.1, 0.15) is 25.8 Å². The Morgan fingerprint density at radius 1 is 0.923 bits per heavy atom. The van der Waals surface area contributed by atoms with E-state index in [0.717, 1.165) is 24.2 Å². The van der Waals surface area contributed by atoms with Gasteiger partial charge in [0.1, 0.15) is 11.5 Å². The second kappa shape index (κ2) is 11.0. The van der Waals surface area contributed by atoms with Crippen LogP contribution in [0.15, 0.2) is 30.3 Å². The summed E-state index contributed by atoms with van der Waals surface area (Å²) in [5, 5.41) is 9.12. The number of phenols is 1. The molecule has 0 aliphatic carbocycles. The molecule has 0 fully saturated rings. The van der Waals surface area contributed by atoms with E-state index in [9.17, 15) is 0 Å². The molecule has 144 valence electrons. The zero-order chi connectivity index (χ0) is 19.5. The number of ether oxygens (including phenoxy) is 4. The summed E-state index contributed by atoms with van der Waals surface area (Å²) in [6.07, 6.45) is 2.05. The number of hydrogen-bond acceptors (Lipinski definition) is 6. The third kappa shape index (κ3) is 5.65. The van der Waals surface area contributed by atoms with Crippen molar-refractivity contribution < 1.29 is 24.1 Å². The maximum absolute atomic E-state index is 9.12. The summed E-state index contributed by atoms with van der Waals surface area (Å²) in [5.41, 5.74) is 6.90. The lowest BCUT2D eigenvalue weighted by molar-refractivity contribution is 0.322. The minimum atomic E-state index is 0.0657. The summed E-state index contributed by atoms with van der Waals surface area (Å²) < 4.78 is 21.0. The molecule has 0 aliphatic heterocycles. The van der Waals surface area contributed by atoms with Crippen LogP contribution < -0.4 is 24.7 Å². The molecule has 0 unspecified atom stereocenters. The van der Waals surface area contributed by atoms with E-state index in [1.807, 2.05) is 19.1 Å². The van der Waals surface area contributed by atoms with E-state index in [0.29, 0.717) is 29.5 Å². The summed E-state index contributed by atoms with van der Waals surface area (Å²) >= 11 is 0. The molecule has 0 radical (unpaired) electrons. The van der Waals surface area contributed by atoms with Crippen LogP contribution in [0.2, 0.25) is 0 Å². The Kier molecular flexibility index (Phi) is 8.98. The highest BCUT2D eigenvalue weighted by atomic mass is 16.5. The predicted molar refractivity (Wildman–Crippen MR) is 104 cm³/mol. The number of hydrogen-bond donors (Lipinski definition) is 2. The van der Waals surface area contributed by atoms with Crippen LogP contribution in [0.25, 0.3) is 0 Å². The van der Waals surface area contributed by atoms with E-state index >= 15 is 0 Å². The van der Waals surface area contributed by atoms with Gasteiger partial charge in [0.15, 0.2) is 11.5 Å². The Bertz CT molecular complexity index is 688. The van der Waals surface area contributed by atoms with E-state index in [-0.39, 0.29) is 5.75 Å². The molecule has 2 aromatic carbocycles. The summed E-state index contributed by atoms with van der Waals surface area (Å²) in [5.74, 6) is 2.86. The van der Waals surface area contributed by atoms with Crippen LogP contribution in [0.3, 0.4) is 0 Å². The van der Waals surface area contributed by atoms with Gasteiger partial charge in [0.2, 0.25) is 5.75 Å². The first-order chi connectivity index (χ1) is 12.5. The molecule has 6 heteroatoms. The lowest BCUT2D eigenvalue weighted by atomic mass is 10.1. The Balaban J connectivity index is 0.000000273. The van der Waals surface area contributed by atoms with Crippen LogP contribution in [-0.4, -0.2) is 33.0 Å². The highest BCUT2D eigenvalue weighted by molar-refractivity contribution is 5.56. The topological polar surface area (TPSA) is 83.2 Å². The molecule has 0 aromatic heterocycles. The highest BCUT2D eigenvalue weighted by Gasteiger charge is 2.14. The Morgan fingerprint density at radius 3 is 2.12 bits per heavy atom. The largest absolute Gasteiger partial charge is 0.506 e. The van der Waals surface area contributed by atoms with Gasteiger partial charge in [0, 0.05) is 6.07 Å². The molecule has 0 atom stereocenters. The number of anilines is 1. The van der Waals surface area contributed by atoms with Gasteiger partial charge in [0.05, 0.1) is 33.6 Å². The van der Waals surface area contributed by atoms with Crippen molar-refractivity contribution in [1.82, 2.24) is 0 Å². The Morgan fingerprint density at radius 2 is 1.62 bits per heavy atom. The van der Waals surface area contributed by atoms with Gasteiger partial charge >= 0.3 is 0 Å². The average Bonchev–Trinajstić information content (AvgIpc) is 2.65. The number of methoxy groups -OCH3 is 3. The molecule has 0 spiro atoms. The monoisotopic (exact) mass is 363 g/mol. The van der Waals surface area contributed by atoms with Crippen molar-refractivity contribution in [2.24, 2.45) is 0 Å². The molecule has 6 nitrogen and oxygen atoms in total. The molecule has 0 bridgehead atoms. The van der Waals surface area contributed by atoms with Gasteiger partial charge in [0.25, 0.3) is 0 Å². The number of benzene rings is 2. The van der Waals surface area contributed by atoms with Gasteiger partial charge in [-0.15, -0.1) is 0 Å². The van der Waals surface area contributed by atoms with Crippen molar-refractivity contribution >= 4 is 5.69 Å². The fraction of sp³-hybridized carbons (Fsp3) is 0.400. The minimum Gasteiger partial charge on any atom is -0.506 e. The SMILES string of the molecule is CCCc1ccc(OC)c(OC)c1OC.CCOc1ccc(N)c(O)c1. The third-order valence-corrected chi connectivity index (χ3v) is 3.62. The summed E-state index contributed by atoms with van der Waals surface area (Å²) in [6.45, 7) is 4.60. The quantitative estimate of drug-likeness (QED) is 0.571.